The van der Waals surface area contributed by atoms with Crippen LogP contribution in [-0.2, 0) is 35.1 Å². The van der Waals surface area contributed by atoms with Gasteiger partial charge in [0, 0.05) is 24.8 Å². The molecule has 1 fully saturated rings. The van der Waals surface area contributed by atoms with Crippen molar-refractivity contribution < 1.29 is 32.2 Å². The largest absolute Gasteiger partial charge is 0.481 e. The summed E-state index contributed by atoms with van der Waals surface area (Å²) in [5, 5.41) is 3.36. The third-order valence-electron chi connectivity index (χ3n) is 6.74. The third kappa shape index (κ3) is 7.05. The molecule has 12 heteroatoms. The minimum absolute atomic E-state index is 0.122. The number of halogens is 3. The SMILES string of the molecule is CCO[C@H]1CN(C(=O)OCc2ccccc2)C[C@H]1Nc1nc(CC)c(-c2ccc(OC)nc2C(F)(F)F)nc1CC. The number of ether oxygens (including phenoxy) is 3. The Hall–Kier alpha value is -3.93. The van der Waals surface area contributed by atoms with Crippen LogP contribution in [0.1, 0.15) is 43.4 Å². The zero-order valence-electron chi connectivity index (χ0n) is 23.5. The monoisotopic (exact) mass is 573 g/mol. The maximum Gasteiger partial charge on any atom is 0.434 e. The summed E-state index contributed by atoms with van der Waals surface area (Å²) in [6, 6.07) is 11.8. The number of aromatic nitrogens is 3. The zero-order valence-corrected chi connectivity index (χ0v) is 23.5. The van der Waals surface area contributed by atoms with Crippen LogP contribution in [0.5, 0.6) is 5.88 Å². The first-order valence-corrected chi connectivity index (χ1v) is 13.5. The van der Waals surface area contributed by atoms with Crippen molar-refractivity contribution >= 4 is 11.9 Å². The topological polar surface area (TPSA) is 98.7 Å². The summed E-state index contributed by atoms with van der Waals surface area (Å²) in [5.41, 5.74) is 0.627. The van der Waals surface area contributed by atoms with Crippen molar-refractivity contribution in [3.05, 3.63) is 65.1 Å². The second-order valence-electron chi connectivity index (χ2n) is 9.46. The van der Waals surface area contributed by atoms with Crippen LogP contribution in [-0.4, -0.2) is 64.9 Å². The molecule has 9 nitrogen and oxygen atoms in total. The highest BCUT2D eigenvalue weighted by Gasteiger charge is 2.39. The van der Waals surface area contributed by atoms with Gasteiger partial charge in [-0.15, -0.1) is 0 Å². The Morgan fingerprint density at radius 3 is 2.37 bits per heavy atom. The fourth-order valence-corrected chi connectivity index (χ4v) is 4.72. The van der Waals surface area contributed by atoms with Gasteiger partial charge in [0.05, 0.1) is 42.9 Å². The number of hydrogen-bond donors (Lipinski definition) is 1. The van der Waals surface area contributed by atoms with Gasteiger partial charge in [-0.3, -0.25) is 0 Å². The third-order valence-corrected chi connectivity index (χ3v) is 6.74. The highest BCUT2D eigenvalue weighted by atomic mass is 19.4. The molecule has 2 aromatic heterocycles. The van der Waals surface area contributed by atoms with Crippen LogP contribution in [0.4, 0.5) is 23.8 Å². The van der Waals surface area contributed by atoms with Gasteiger partial charge in [-0.25, -0.2) is 19.7 Å². The number of anilines is 1. The van der Waals surface area contributed by atoms with Gasteiger partial charge in [-0.2, -0.15) is 13.2 Å². The number of nitrogens with one attached hydrogen (secondary N) is 1. The number of hydrogen-bond acceptors (Lipinski definition) is 8. The van der Waals surface area contributed by atoms with Crippen LogP contribution in [0.2, 0.25) is 0 Å². The summed E-state index contributed by atoms with van der Waals surface area (Å²) in [4.78, 5) is 27.4. The Morgan fingerprint density at radius 2 is 1.73 bits per heavy atom. The van der Waals surface area contributed by atoms with Crippen molar-refractivity contribution in [2.45, 2.75) is 58.5 Å². The number of pyridine rings is 1. The lowest BCUT2D eigenvalue weighted by molar-refractivity contribution is -0.140. The number of nitrogens with zero attached hydrogens (tertiary/aromatic N) is 4. The second kappa shape index (κ2) is 13.2. The molecule has 0 saturated carbocycles. The minimum Gasteiger partial charge on any atom is -0.481 e. The molecule has 0 unspecified atom stereocenters. The Balaban J connectivity index is 1.60. The first kappa shape index (κ1) is 30.0. The number of rotatable bonds is 10. The Bertz CT molecular complexity index is 1340. The van der Waals surface area contributed by atoms with E-state index in [0.717, 1.165) is 5.56 Å². The number of alkyl halides is 3. The molecule has 0 radical (unpaired) electrons. The Kier molecular flexibility index (Phi) is 9.64. The van der Waals surface area contributed by atoms with E-state index in [4.69, 9.17) is 19.2 Å². The van der Waals surface area contributed by atoms with Crippen molar-refractivity contribution in [1.29, 1.82) is 0 Å². The maximum absolute atomic E-state index is 14.0. The molecule has 1 aromatic carbocycles. The van der Waals surface area contributed by atoms with E-state index in [0.29, 0.717) is 49.7 Å². The summed E-state index contributed by atoms with van der Waals surface area (Å²) < 4.78 is 58.2. The van der Waals surface area contributed by atoms with Crippen LogP contribution < -0.4 is 10.1 Å². The number of amides is 1. The molecule has 0 bridgehead atoms. The smallest absolute Gasteiger partial charge is 0.434 e. The zero-order chi connectivity index (χ0) is 29.6. The normalized spacial score (nSPS) is 17.0. The molecule has 1 N–H and O–H groups in total. The van der Waals surface area contributed by atoms with Gasteiger partial charge in [0.2, 0.25) is 5.88 Å². The summed E-state index contributed by atoms with van der Waals surface area (Å²) in [6.07, 6.45) is -4.77. The van der Waals surface area contributed by atoms with Gasteiger partial charge in [0.15, 0.2) is 5.69 Å². The van der Waals surface area contributed by atoms with Crippen molar-refractivity contribution in [2.24, 2.45) is 0 Å². The highest BCUT2D eigenvalue weighted by molar-refractivity contribution is 5.69. The Labute approximate surface area is 237 Å². The van der Waals surface area contributed by atoms with Gasteiger partial charge in [0.25, 0.3) is 0 Å². The van der Waals surface area contributed by atoms with Gasteiger partial charge in [-0.05, 0) is 31.4 Å². The predicted molar refractivity (Wildman–Crippen MR) is 147 cm³/mol. The second-order valence-corrected chi connectivity index (χ2v) is 9.46. The number of aryl methyl sites for hydroxylation is 2. The molecule has 1 saturated heterocycles. The lowest BCUT2D eigenvalue weighted by Gasteiger charge is -2.22. The number of carbonyl (C=O) groups is 1. The maximum atomic E-state index is 14.0. The van der Waals surface area contributed by atoms with Crippen LogP contribution >= 0.6 is 0 Å². The summed E-state index contributed by atoms with van der Waals surface area (Å²) >= 11 is 0. The fourth-order valence-electron chi connectivity index (χ4n) is 4.72. The molecule has 4 rings (SSSR count). The summed E-state index contributed by atoms with van der Waals surface area (Å²) in [6.45, 7) is 6.73. The molecule has 1 amide bonds. The number of benzene rings is 1. The first-order valence-electron chi connectivity index (χ1n) is 13.5. The number of carbonyl (C=O) groups excluding carboxylic acids is 1. The molecule has 3 aromatic rings. The van der Waals surface area contributed by atoms with E-state index < -0.39 is 18.0 Å². The molecule has 0 aliphatic carbocycles. The van der Waals surface area contributed by atoms with E-state index in [9.17, 15) is 18.0 Å². The van der Waals surface area contributed by atoms with Crippen molar-refractivity contribution in [1.82, 2.24) is 19.9 Å². The van der Waals surface area contributed by atoms with Crippen molar-refractivity contribution in [2.75, 3.05) is 32.1 Å². The molecule has 0 spiro atoms. The molecule has 1 aliphatic heterocycles. The van der Waals surface area contributed by atoms with E-state index >= 15 is 0 Å². The van der Waals surface area contributed by atoms with E-state index in [1.165, 1.54) is 19.2 Å². The molecular formula is C29H34F3N5O4. The Morgan fingerprint density at radius 1 is 1.00 bits per heavy atom. The van der Waals surface area contributed by atoms with E-state index in [2.05, 4.69) is 15.3 Å². The van der Waals surface area contributed by atoms with Gasteiger partial charge in [0.1, 0.15) is 12.4 Å². The standard InChI is InChI=1S/C29H34F3N5O4/c1-5-20-25(19-13-14-24(39-4)36-26(19)29(30,31)32)33-21(6-2)27(34-20)35-22-15-37(16-23(22)40-7-3)28(38)41-17-18-11-9-8-10-12-18/h8-14,22-23H,5-7,15-17H2,1-4H3,(H,34,35)/t22-,23+/m1/s1. The summed E-state index contributed by atoms with van der Waals surface area (Å²) in [5.74, 6) is 0.300. The molecule has 41 heavy (non-hydrogen) atoms. The highest BCUT2D eigenvalue weighted by Crippen LogP contribution is 2.38. The molecule has 220 valence electrons. The van der Waals surface area contributed by atoms with Crippen molar-refractivity contribution in [3.8, 4) is 17.1 Å². The van der Waals surface area contributed by atoms with Gasteiger partial charge in [-0.1, -0.05) is 44.2 Å². The van der Waals surface area contributed by atoms with E-state index in [1.54, 1.807) is 11.8 Å². The molecule has 2 atom stereocenters. The quantitative estimate of drug-likeness (QED) is 0.338. The van der Waals surface area contributed by atoms with Gasteiger partial charge >= 0.3 is 12.3 Å². The fraction of sp³-hybridized carbons (Fsp3) is 0.448. The van der Waals surface area contributed by atoms with Gasteiger partial charge < -0.3 is 24.4 Å². The molecular weight excluding hydrogens is 539 g/mol. The molecule has 3 heterocycles. The van der Waals surface area contributed by atoms with Crippen molar-refractivity contribution in [3.63, 3.8) is 0 Å². The van der Waals surface area contributed by atoms with Crippen LogP contribution in [0, 0.1) is 0 Å². The number of methoxy groups -OCH3 is 1. The average molecular weight is 574 g/mol. The van der Waals surface area contributed by atoms with E-state index in [-0.39, 0.29) is 35.9 Å². The lowest BCUT2D eigenvalue weighted by atomic mass is 10.0. The van der Waals surface area contributed by atoms with Crippen LogP contribution in [0.25, 0.3) is 11.3 Å². The predicted octanol–water partition coefficient (Wildman–Crippen LogP) is 5.53. The summed E-state index contributed by atoms with van der Waals surface area (Å²) in [7, 11) is 1.26. The van der Waals surface area contributed by atoms with Crippen LogP contribution in [0.3, 0.4) is 0 Å². The van der Waals surface area contributed by atoms with E-state index in [1.807, 2.05) is 44.2 Å². The lowest BCUT2D eigenvalue weighted by Crippen LogP contribution is -2.35. The average Bonchev–Trinajstić information content (AvgIpc) is 3.37. The number of likely N-dealkylation sites (tertiary alicyclic amines) is 1. The van der Waals surface area contributed by atoms with Crippen LogP contribution in [0.15, 0.2) is 42.5 Å². The molecule has 1 aliphatic rings. The minimum atomic E-state index is -4.72. The first-order chi connectivity index (χ1) is 19.7.